The molecular formula is C11H16N2O4. The fourth-order valence-electron chi connectivity index (χ4n) is 1.27. The van der Waals surface area contributed by atoms with Crippen molar-refractivity contribution in [1.82, 2.24) is 9.88 Å². The monoisotopic (exact) mass is 240 g/mol. The van der Waals surface area contributed by atoms with Crippen molar-refractivity contribution in [2.24, 2.45) is 0 Å². The zero-order valence-electron chi connectivity index (χ0n) is 10.2. The number of hydrogen-bond donors (Lipinski definition) is 1. The minimum atomic E-state index is -0.924. The van der Waals surface area contributed by atoms with E-state index in [1.54, 1.807) is 20.9 Å². The summed E-state index contributed by atoms with van der Waals surface area (Å²) < 4.78 is 5.29. The van der Waals surface area contributed by atoms with Crippen molar-refractivity contribution in [3.63, 3.8) is 0 Å². The van der Waals surface area contributed by atoms with Gasteiger partial charge in [-0.3, -0.25) is 9.59 Å². The number of carboxylic acid groups (broad SMARTS) is 1. The highest BCUT2D eigenvalue weighted by Gasteiger charge is 2.15. The van der Waals surface area contributed by atoms with Crippen LogP contribution in [0.3, 0.4) is 0 Å². The molecule has 1 aromatic heterocycles. The van der Waals surface area contributed by atoms with Gasteiger partial charge in [0.25, 0.3) is 0 Å². The lowest BCUT2D eigenvalue weighted by Gasteiger charge is -2.14. The molecule has 1 amide bonds. The molecule has 0 atom stereocenters. The predicted molar refractivity (Wildman–Crippen MR) is 59.6 cm³/mol. The maximum Gasteiger partial charge on any atom is 0.305 e. The first-order valence-corrected chi connectivity index (χ1v) is 5.29. The zero-order chi connectivity index (χ0) is 13.0. The van der Waals surface area contributed by atoms with Crippen molar-refractivity contribution >= 4 is 11.9 Å². The lowest BCUT2D eigenvalue weighted by atomic mass is 10.3. The van der Waals surface area contributed by atoms with Crippen LogP contribution < -0.4 is 0 Å². The van der Waals surface area contributed by atoms with Gasteiger partial charge in [0, 0.05) is 13.6 Å². The summed E-state index contributed by atoms with van der Waals surface area (Å²) in [5.74, 6) is -0.0619. The van der Waals surface area contributed by atoms with Crippen molar-refractivity contribution in [3.8, 4) is 0 Å². The Hall–Kier alpha value is -1.85. The number of carboxylic acids is 1. The third kappa shape index (κ3) is 3.90. The molecule has 17 heavy (non-hydrogen) atoms. The van der Waals surface area contributed by atoms with Crippen LogP contribution in [0.1, 0.15) is 23.8 Å². The smallest absolute Gasteiger partial charge is 0.305 e. The molecule has 1 heterocycles. The van der Waals surface area contributed by atoms with Gasteiger partial charge in [-0.2, -0.15) is 0 Å². The number of carbonyl (C=O) groups excluding carboxylic acids is 1. The van der Waals surface area contributed by atoms with Crippen LogP contribution in [-0.4, -0.2) is 40.5 Å². The van der Waals surface area contributed by atoms with E-state index in [4.69, 9.17) is 9.52 Å². The Morgan fingerprint density at radius 3 is 2.53 bits per heavy atom. The summed E-state index contributed by atoms with van der Waals surface area (Å²) in [5.41, 5.74) is 0.765. The third-order valence-electron chi connectivity index (χ3n) is 2.46. The summed E-state index contributed by atoms with van der Waals surface area (Å²) in [6.07, 6.45) is -0.00330. The molecule has 6 nitrogen and oxygen atoms in total. The SMILES string of the molecule is Cc1nc(CC(=O)N(C)CCC(=O)O)oc1C. The van der Waals surface area contributed by atoms with Gasteiger partial charge < -0.3 is 14.4 Å². The fourth-order valence-corrected chi connectivity index (χ4v) is 1.27. The first kappa shape index (κ1) is 13.2. The van der Waals surface area contributed by atoms with E-state index in [1.165, 1.54) is 4.90 Å². The van der Waals surface area contributed by atoms with Crippen LogP contribution in [0.25, 0.3) is 0 Å². The van der Waals surface area contributed by atoms with Crippen LogP contribution in [-0.2, 0) is 16.0 Å². The number of amides is 1. The van der Waals surface area contributed by atoms with E-state index in [9.17, 15) is 9.59 Å². The van der Waals surface area contributed by atoms with Crippen LogP contribution in [0.15, 0.2) is 4.42 Å². The molecule has 1 rings (SSSR count). The Morgan fingerprint density at radius 1 is 1.41 bits per heavy atom. The Balaban J connectivity index is 2.51. The molecule has 1 N–H and O–H groups in total. The quantitative estimate of drug-likeness (QED) is 0.821. The molecule has 0 aliphatic heterocycles. The molecule has 0 saturated carbocycles. The number of hydrogen-bond acceptors (Lipinski definition) is 4. The van der Waals surface area contributed by atoms with Crippen LogP contribution >= 0.6 is 0 Å². The third-order valence-corrected chi connectivity index (χ3v) is 2.46. The standard InChI is InChI=1S/C11H16N2O4/c1-7-8(2)17-9(12-7)6-10(14)13(3)5-4-11(15)16/h4-6H2,1-3H3,(H,15,16). The van der Waals surface area contributed by atoms with Crippen LogP contribution in [0, 0.1) is 13.8 Å². The Kier molecular flexibility index (Phi) is 4.25. The van der Waals surface area contributed by atoms with Crippen LogP contribution in [0.5, 0.6) is 0 Å². The number of nitrogens with zero attached hydrogens (tertiary/aromatic N) is 2. The second-order valence-electron chi connectivity index (χ2n) is 3.89. The molecule has 0 bridgehead atoms. The summed E-state index contributed by atoms with van der Waals surface area (Å²) >= 11 is 0. The highest BCUT2D eigenvalue weighted by Crippen LogP contribution is 2.09. The molecule has 94 valence electrons. The van der Waals surface area contributed by atoms with Crippen molar-refractivity contribution in [2.75, 3.05) is 13.6 Å². The van der Waals surface area contributed by atoms with Crippen molar-refractivity contribution in [3.05, 3.63) is 17.3 Å². The van der Waals surface area contributed by atoms with E-state index < -0.39 is 5.97 Å². The summed E-state index contributed by atoms with van der Waals surface area (Å²) in [4.78, 5) is 27.5. The maximum absolute atomic E-state index is 11.7. The van der Waals surface area contributed by atoms with Crippen molar-refractivity contribution < 1.29 is 19.1 Å². The average Bonchev–Trinajstić information content (AvgIpc) is 2.54. The van der Waals surface area contributed by atoms with Crippen LogP contribution in [0.4, 0.5) is 0 Å². The highest BCUT2D eigenvalue weighted by atomic mass is 16.4. The number of likely N-dealkylation sites (N-methyl/N-ethyl adjacent to an activating group) is 1. The van der Waals surface area contributed by atoms with Gasteiger partial charge in [0.2, 0.25) is 11.8 Å². The van der Waals surface area contributed by atoms with Gasteiger partial charge in [-0.1, -0.05) is 0 Å². The number of oxazole rings is 1. The summed E-state index contributed by atoms with van der Waals surface area (Å²) in [6.45, 7) is 3.78. The molecule has 0 saturated heterocycles. The molecule has 0 unspecified atom stereocenters. The van der Waals surface area contributed by atoms with Crippen molar-refractivity contribution in [1.29, 1.82) is 0 Å². The maximum atomic E-state index is 11.7. The van der Waals surface area contributed by atoms with Gasteiger partial charge in [0.05, 0.1) is 12.1 Å². The second kappa shape index (κ2) is 5.47. The van der Waals surface area contributed by atoms with Gasteiger partial charge in [0.1, 0.15) is 12.2 Å². The number of aliphatic carboxylic acids is 1. The molecule has 0 aromatic carbocycles. The highest BCUT2D eigenvalue weighted by molar-refractivity contribution is 5.78. The van der Waals surface area contributed by atoms with Gasteiger partial charge in [0.15, 0.2) is 0 Å². The molecule has 0 radical (unpaired) electrons. The number of aromatic nitrogens is 1. The van der Waals surface area contributed by atoms with E-state index in [0.29, 0.717) is 11.7 Å². The van der Waals surface area contributed by atoms with Gasteiger partial charge >= 0.3 is 5.97 Å². The normalized spacial score (nSPS) is 10.3. The Bertz CT molecular complexity index is 406. The molecule has 0 aliphatic carbocycles. The Morgan fingerprint density at radius 2 is 2.06 bits per heavy atom. The average molecular weight is 240 g/mol. The van der Waals surface area contributed by atoms with Crippen LogP contribution in [0.2, 0.25) is 0 Å². The predicted octanol–water partition coefficient (Wildman–Crippen LogP) is 0.767. The number of rotatable bonds is 5. The number of carbonyl (C=O) groups is 2. The molecule has 0 fully saturated rings. The fraction of sp³-hybridized carbons (Fsp3) is 0.545. The minimum Gasteiger partial charge on any atom is -0.481 e. The molecule has 6 heteroatoms. The summed E-state index contributed by atoms with van der Waals surface area (Å²) in [6, 6.07) is 0. The Labute approximate surface area is 99.2 Å². The first-order valence-electron chi connectivity index (χ1n) is 5.29. The number of aryl methyl sites for hydroxylation is 2. The topological polar surface area (TPSA) is 83.6 Å². The second-order valence-corrected chi connectivity index (χ2v) is 3.89. The largest absolute Gasteiger partial charge is 0.481 e. The zero-order valence-corrected chi connectivity index (χ0v) is 10.2. The van der Waals surface area contributed by atoms with E-state index in [0.717, 1.165) is 5.69 Å². The lowest BCUT2D eigenvalue weighted by molar-refractivity contribution is -0.138. The van der Waals surface area contributed by atoms with Gasteiger partial charge in [-0.15, -0.1) is 0 Å². The molecular weight excluding hydrogens is 224 g/mol. The molecule has 1 aromatic rings. The van der Waals surface area contributed by atoms with Crippen molar-refractivity contribution in [2.45, 2.75) is 26.7 Å². The first-order chi connectivity index (χ1) is 7.90. The van der Waals surface area contributed by atoms with E-state index in [-0.39, 0.29) is 25.3 Å². The van der Waals surface area contributed by atoms with E-state index in [1.807, 2.05) is 0 Å². The molecule has 0 aliphatic rings. The summed E-state index contributed by atoms with van der Waals surface area (Å²) in [7, 11) is 1.56. The van der Waals surface area contributed by atoms with E-state index >= 15 is 0 Å². The minimum absolute atomic E-state index is 0.0603. The van der Waals surface area contributed by atoms with Gasteiger partial charge in [-0.05, 0) is 13.8 Å². The lowest BCUT2D eigenvalue weighted by Crippen LogP contribution is -2.30. The van der Waals surface area contributed by atoms with E-state index in [2.05, 4.69) is 4.98 Å². The molecule has 0 spiro atoms. The summed E-state index contributed by atoms with van der Waals surface area (Å²) in [5, 5.41) is 8.50. The van der Waals surface area contributed by atoms with Gasteiger partial charge in [-0.25, -0.2) is 4.98 Å².